The second-order valence-corrected chi connectivity index (χ2v) is 4.44. The van der Waals surface area contributed by atoms with Crippen molar-refractivity contribution in [3.8, 4) is 0 Å². The van der Waals surface area contributed by atoms with Crippen LogP contribution in [0.2, 0.25) is 0 Å². The first-order valence-corrected chi connectivity index (χ1v) is 5.83. The van der Waals surface area contributed by atoms with Gasteiger partial charge in [-0.15, -0.1) is 0 Å². The van der Waals surface area contributed by atoms with Crippen LogP contribution in [0.25, 0.3) is 0 Å². The smallest absolute Gasteiger partial charge is 0.415 e. The van der Waals surface area contributed by atoms with E-state index in [2.05, 4.69) is 16.9 Å². The minimum atomic E-state index is -0.494. The number of thiocarbonyl (C=S) groups is 1. The molecule has 0 aromatic carbocycles. The molecule has 1 aromatic rings. The third-order valence-corrected chi connectivity index (χ3v) is 2.98. The van der Waals surface area contributed by atoms with Crippen molar-refractivity contribution in [3.63, 3.8) is 0 Å². The van der Waals surface area contributed by atoms with Crippen LogP contribution in [-0.4, -0.2) is 22.1 Å². The fraction of sp³-hybridized carbons (Fsp3) is 0.250. The molecule has 6 heteroatoms. The molecule has 1 amide bonds. The molecule has 5 nitrogen and oxygen atoms in total. The van der Waals surface area contributed by atoms with Gasteiger partial charge in [-0.2, -0.15) is 0 Å². The van der Waals surface area contributed by atoms with Crippen LogP contribution >= 0.6 is 12.2 Å². The highest BCUT2D eigenvalue weighted by Gasteiger charge is 2.32. The zero-order valence-electron chi connectivity index (χ0n) is 10.1. The molecular formula is C12H13N3O2S. The number of anilines is 2. The maximum atomic E-state index is 12.1. The second kappa shape index (κ2) is 4.73. The van der Waals surface area contributed by atoms with E-state index in [0.29, 0.717) is 22.1 Å². The summed E-state index contributed by atoms with van der Waals surface area (Å²) in [6, 6.07) is 1.46. The molecule has 1 aromatic heterocycles. The predicted molar refractivity (Wildman–Crippen MR) is 73.7 cm³/mol. The van der Waals surface area contributed by atoms with Gasteiger partial charge in [0, 0.05) is 6.20 Å². The van der Waals surface area contributed by atoms with E-state index in [1.165, 1.54) is 4.90 Å². The van der Waals surface area contributed by atoms with Gasteiger partial charge in [-0.3, -0.25) is 9.88 Å². The molecule has 1 unspecified atom stereocenters. The molecule has 1 aliphatic heterocycles. The van der Waals surface area contributed by atoms with Crippen LogP contribution < -0.4 is 10.2 Å². The number of aromatic nitrogens is 1. The van der Waals surface area contributed by atoms with Crippen molar-refractivity contribution >= 4 is 34.7 Å². The normalized spacial score (nSPS) is 17.8. The standard InChI is InChI=1S/C12H13N3O2S/c1-7(2)17-12(16)15-8(3)11(18)14-9-6-13-5-4-10(9)15/h4-6,8H,1H2,2-3H3,(H,14,18). The van der Waals surface area contributed by atoms with E-state index in [1.54, 1.807) is 25.4 Å². The molecule has 1 aliphatic rings. The maximum Gasteiger partial charge on any atom is 0.420 e. The fourth-order valence-corrected chi connectivity index (χ4v) is 1.93. The topological polar surface area (TPSA) is 54.5 Å². The first-order chi connectivity index (χ1) is 8.50. The zero-order chi connectivity index (χ0) is 13.3. The van der Waals surface area contributed by atoms with E-state index >= 15 is 0 Å². The van der Waals surface area contributed by atoms with Crippen LogP contribution in [0.5, 0.6) is 0 Å². The quantitative estimate of drug-likeness (QED) is 0.623. The van der Waals surface area contributed by atoms with Gasteiger partial charge in [-0.25, -0.2) is 4.79 Å². The summed E-state index contributed by atoms with van der Waals surface area (Å²) < 4.78 is 5.05. The van der Waals surface area contributed by atoms with Gasteiger partial charge in [0.05, 0.1) is 29.4 Å². The molecule has 0 spiro atoms. The van der Waals surface area contributed by atoms with Crippen LogP contribution in [0.3, 0.4) is 0 Å². The van der Waals surface area contributed by atoms with Crippen molar-refractivity contribution in [1.29, 1.82) is 0 Å². The summed E-state index contributed by atoms with van der Waals surface area (Å²) in [7, 11) is 0. The van der Waals surface area contributed by atoms with Crippen LogP contribution in [-0.2, 0) is 4.74 Å². The van der Waals surface area contributed by atoms with Crippen LogP contribution in [0, 0.1) is 0 Å². The van der Waals surface area contributed by atoms with Gasteiger partial charge >= 0.3 is 6.09 Å². The molecule has 2 rings (SSSR count). The number of nitrogens with zero attached hydrogens (tertiary/aromatic N) is 2. The van der Waals surface area contributed by atoms with Crippen molar-refractivity contribution in [2.45, 2.75) is 19.9 Å². The Balaban J connectivity index is 2.41. The van der Waals surface area contributed by atoms with Gasteiger partial charge < -0.3 is 10.1 Å². The molecular weight excluding hydrogens is 250 g/mol. The zero-order valence-corrected chi connectivity index (χ0v) is 11.0. The number of pyridine rings is 1. The maximum absolute atomic E-state index is 12.1. The number of hydrogen-bond donors (Lipinski definition) is 1. The Bertz CT molecular complexity index is 530. The number of allylic oxidation sites excluding steroid dienone is 1. The largest absolute Gasteiger partial charge is 0.420 e. The number of rotatable bonds is 1. The number of carbonyl (C=O) groups excluding carboxylic acids is 1. The first-order valence-electron chi connectivity index (χ1n) is 5.42. The summed E-state index contributed by atoms with van der Waals surface area (Å²) >= 11 is 5.20. The number of hydrogen-bond acceptors (Lipinski definition) is 4. The number of ether oxygens (including phenoxy) is 1. The number of nitrogens with one attached hydrogen (secondary N) is 1. The third-order valence-electron chi connectivity index (χ3n) is 2.54. The van der Waals surface area contributed by atoms with E-state index in [9.17, 15) is 4.79 Å². The van der Waals surface area contributed by atoms with Crippen molar-refractivity contribution in [3.05, 3.63) is 30.8 Å². The molecule has 0 radical (unpaired) electrons. The monoisotopic (exact) mass is 263 g/mol. The van der Waals surface area contributed by atoms with E-state index < -0.39 is 6.09 Å². The van der Waals surface area contributed by atoms with Gasteiger partial charge in [-0.05, 0) is 19.9 Å². The summed E-state index contributed by atoms with van der Waals surface area (Å²) in [5.41, 5.74) is 1.39. The number of fused-ring (bicyclic) bond motifs is 1. The van der Waals surface area contributed by atoms with E-state index in [-0.39, 0.29) is 6.04 Å². The Morgan fingerprint density at radius 2 is 2.39 bits per heavy atom. The predicted octanol–water partition coefficient (Wildman–Crippen LogP) is 2.70. The molecule has 0 saturated carbocycles. The Hall–Kier alpha value is -1.95. The highest BCUT2D eigenvalue weighted by atomic mass is 32.1. The van der Waals surface area contributed by atoms with Gasteiger partial charge in [0.15, 0.2) is 0 Å². The summed E-state index contributed by atoms with van der Waals surface area (Å²) in [5, 5.41) is 3.04. The number of amides is 1. The minimum absolute atomic E-state index is 0.276. The summed E-state index contributed by atoms with van der Waals surface area (Å²) in [6.07, 6.45) is 2.74. The minimum Gasteiger partial charge on any atom is -0.415 e. The van der Waals surface area contributed by atoms with Crippen molar-refractivity contribution < 1.29 is 9.53 Å². The average molecular weight is 263 g/mol. The van der Waals surface area contributed by atoms with E-state index in [1.807, 2.05) is 6.92 Å². The SMILES string of the molecule is C=C(C)OC(=O)N1c2ccncc2NC(=S)C1C. The molecule has 1 atom stereocenters. The lowest BCUT2D eigenvalue weighted by Crippen LogP contribution is -2.48. The molecule has 0 fully saturated rings. The van der Waals surface area contributed by atoms with Crippen LogP contribution in [0.1, 0.15) is 13.8 Å². The molecule has 0 saturated heterocycles. The fourth-order valence-electron chi connectivity index (χ4n) is 1.71. The Morgan fingerprint density at radius 3 is 3.06 bits per heavy atom. The van der Waals surface area contributed by atoms with Gasteiger partial charge in [0.2, 0.25) is 0 Å². The van der Waals surface area contributed by atoms with Gasteiger partial charge in [0.25, 0.3) is 0 Å². The lowest BCUT2D eigenvalue weighted by Gasteiger charge is -2.34. The van der Waals surface area contributed by atoms with E-state index in [4.69, 9.17) is 17.0 Å². The Kier molecular flexibility index (Phi) is 3.29. The van der Waals surface area contributed by atoms with Crippen LogP contribution in [0.4, 0.5) is 16.2 Å². The lowest BCUT2D eigenvalue weighted by atomic mass is 10.1. The van der Waals surface area contributed by atoms with Crippen LogP contribution in [0.15, 0.2) is 30.8 Å². The molecule has 18 heavy (non-hydrogen) atoms. The molecule has 1 N–H and O–H groups in total. The highest BCUT2D eigenvalue weighted by molar-refractivity contribution is 7.80. The average Bonchev–Trinajstić information content (AvgIpc) is 2.29. The van der Waals surface area contributed by atoms with Gasteiger partial charge in [-0.1, -0.05) is 18.8 Å². The molecule has 2 heterocycles. The Labute approximate surface area is 110 Å². The van der Waals surface area contributed by atoms with Crippen molar-refractivity contribution in [2.75, 3.05) is 10.2 Å². The first kappa shape index (κ1) is 12.5. The van der Waals surface area contributed by atoms with Crippen molar-refractivity contribution in [1.82, 2.24) is 4.98 Å². The molecule has 0 aliphatic carbocycles. The van der Waals surface area contributed by atoms with Gasteiger partial charge in [0.1, 0.15) is 4.99 Å². The lowest BCUT2D eigenvalue weighted by molar-refractivity contribution is 0.183. The summed E-state index contributed by atoms with van der Waals surface area (Å²) in [6.45, 7) is 7.01. The Morgan fingerprint density at radius 1 is 1.67 bits per heavy atom. The molecule has 0 bridgehead atoms. The molecule has 94 valence electrons. The summed E-state index contributed by atoms with van der Waals surface area (Å²) in [4.78, 5) is 18.1. The third kappa shape index (κ3) is 2.19. The van der Waals surface area contributed by atoms with E-state index in [0.717, 1.165) is 0 Å². The summed E-state index contributed by atoms with van der Waals surface area (Å²) in [5.74, 6) is 0.340. The highest BCUT2D eigenvalue weighted by Crippen LogP contribution is 2.32. The number of carbonyl (C=O) groups is 1. The second-order valence-electron chi connectivity index (χ2n) is 4.00. The van der Waals surface area contributed by atoms with Crippen molar-refractivity contribution in [2.24, 2.45) is 0 Å².